The van der Waals surface area contributed by atoms with Crippen molar-refractivity contribution >= 4 is 5.69 Å². The minimum Gasteiger partial charge on any atom is -0.272 e. The first kappa shape index (κ1) is 11.0. The maximum atomic E-state index is 10.8. The molecule has 1 aromatic heterocycles. The van der Waals surface area contributed by atoms with Gasteiger partial charge in [-0.25, -0.2) is 0 Å². The maximum absolute atomic E-state index is 10.8. The van der Waals surface area contributed by atoms with Gasteiger partial charge in [0.15, 0.2) is 0 Å². The van der Waals surface area contributed by atoms with Crippen LogP contribution in [0.3, 0.4) is 0 Å². The van der Waals surface area contributed by atoms with E-state index >= 15 is 0 Å². The Morgan fingerprint density at radius 2 is 2.17 bits per heavy atom. The van der Waals surface area contributed by atoms with Gasteiger partial charge in [-0.3, -0.25) is 14.8 Å². The van der Waals surface area contributed by atoms with Gasteiger partial charge in [-0.05, 0) is 18.9 Å². The third-order valence-corrected chi connectivity index (χ3v) is 3.26. The Labute approximate surface area is 104 Å². The van der Waals surface area contributed by atoms with Crippen molar-refractivity contribution in [3.63, 3.8) is 0 Å². The lowest BCUT2D eigenvalue weighted by atomic mass is 10.1. The summed E-state index contributed by atoms with van der Waals surface area (Å²) in [5.74, 6) is 0.620. The predicted molar refractivity (Wildman–Crippen MR) is 67.3 cm³/mol. The molecule has 3 rings (SSSR count). The maximum Gasteiger partial charge on any atom is 0.270 e. The van der Waals surface area contributed by atoms with Gasteiger partial charge < -0.3 is 0 Å². The molecular weight excluding hydrogens is 230 g/mol. The average Bonchev–Trinajstić information content (AvgIpc) is 3.13. The normalized spacial score (nSPS) is 14.7. The molecule has 0 atom stereocenters. The fraction of sp³-hybridized carbons (Fsp3) is 0.308. The second-order valence-electron chi connectivity index (χ2n) is 4.66. The number of aryl methyl sites for hydroxylation is 1. The molecule has 5 heteroatoms. The van der Waals surface area contributed by atoms with Crippen LogP contribution in [0.2, 0.25) is 0 Å². The number of aromatic nitrogens is 2. The molecule has 0 N–H and O–H groups in total. The van der Waals surface area contributed by atoms with Crippen LogP contribution in [0.4, 0.5) is 5.69 Å². The molecule has 1 aliphatic rings. The van der Waals surface area contributed by atoms with Crippen molar-refractivity contribution in [3.8, 4) is 11.3 Å². The van der Waals surface area contributed by atoms with Crippen LogP contribution in [-0.4, -0.2) is 14.7 Å². The summed E-state index contributed by atoms with van der Waals surface area (Å²) in [6.45, 7) is 0. The fourth-order valence-corrected chi connectivity index (χ4v) is 2.16. The van der Waals surface area contributed by atoms with E-state index in [0.29, 0.717) is 5.92 Å². The summed E-state index contributed by atoms with van der Waals surface area (Å²) >= 11 is 0. The Bertz CT molecular complexity index is 614. The van der Waals surface area contributed by atoms with Gasteiger partial charge in [-0.1, -0.05) is 12.1 Å². The molecule has 2 aromatic rings. The first-order valence-corrected chi connectivity index (χ1v) is 5.94. The van der Waals surface area contributed by atoms with Crippen LogP contribution in [0, 0.1) is 10.1 Å². The van der Waals surface area contributed by atoms with Gasteiger partial charge in [-0.15, -0.1) is 0 Å². The lowest BCUT2D eigenvalue weighted by Crippen LogP contribution is -1.95. The van der Waals surface area contributed by atoms with E-state index in [1.165, 1.54) is 24.6 Å². The average molecular weight is 243 g/mol. The summed E-state index contributed by atoms with van der Waals surface area (Å²) < 4.78 is 1.88. The van der Waals surface area contributed by atoms with E-state index in [2.05, 4.69) is 5.10 Å². The van der Waals surface area contributed by atoms with Gasteiger partial charge in [0.2, 0.25) is 0 Å². The molecule has 1 saturated carbocycles. The summed E-state index contributed by atoms with van der Waals surface area (Å²) in [6.07, 6.45) is 2.43. The van der Waals surface area contributed by atoms with E-state index < -0.39 is 0 Å². The number of nitro groups is 1. The monoisotopic (exact) mass is 243 g/mol. The van der Waals surface area contributed by atoms with Crippen molar-refractivity contribution in [3.05, 3.63) is 46.1 Å². The minimum absolute atomic E-state index is 0.103. The van der Waals surface area contributed by atoms with Crippen molar-refractivity contribution in [1.29, 1.82) is 0 Å². The molecule has 1 heterocycles. The van der Waals surface area contributed by atoms with Crippen LogP contribution in [0.1, 0.15) is 24.5 Å². The molecule has 0 aliphatic heterocycles. The number of rotatable bonds is 3. The Morgan fingerprint density at radius 3 is 2.83 bits per heavy atom. The second kappa shape index (κ2) is 3.94. The van der Waals surface area contributed by atoms with Crippen molar-refractivity contribution in [2.75, 3.05) is 0 Å². The van der Waals surface area contributed by atoms with Crippen LogP contribution in [0.25, 0.3) is 11.3 Å². The predicted octanol–water partition coefficient (Wildman–Crippen LogP) is 2.87. The molecule has 0 radical (unpaired) electrons. The molecule has 0 bridgehead atoms. The number of nitrogens with zero attached hydrogens (tertiary/aromatic N) is 3. The Morgan fingerprint density at radius 1 is 1.39 bits per heavy atom. The third-order valence-electron chi connectivity index (χ3n) is 3.26. The molecule has 1 fully saturated rings. The van der Waals surface area contributed by atoms with Crippen molar-refractivity contribution in [1.82, 2.24) is 9.78 Å². The van der Waals surface area contributed by atoms with Crippen LogP contribution >= 0.6 is 0 Å². The first-order chi connectivity index (χ1) is 8.65. The molecule has 5 nitrogen and oxygen atoms in total. The van der Waals surface area contributed by atoms with E-state index in [9.17, 15) is 10.1 Å². The number of benzene rings is 1. The zero-order valence-electron chi connectivity index (χ0n) is 10.0. The largest absolute Gasteiger partial charge is 0.272 e. The molecule has 0 spiro atoms. The minimum atomic E-state index is -0.381. The summed E-state index contributed by atoms with van der Waals surface area (Å²) in [5.41, 5.74) is 2.93. The zero-order chi connectivity index (χ0) is 12.7. The van der Waals surface area contributed by atoms with Gasteiger partial charge in [-0.2, -0.15) is 5.10 Å². The molecule has 92 valence electrons. The molecule has 18 heavy (non-hydrogen) atoms. The number of hydrogen-bond acceptors (Lipinski definition) is 3. The second-order valence-corrected chi connectivity index (χ2v) is 4.66. The molecular formula is C13H13N3O2. The summed E-state index contributed by atoms with van der Waals surface area (Å²) in [5, 5.41) is 15.2. The topological polar surface area (TPSA) is 61.0 Å². The lowest BCUT2D eigenvalue weighted by Gasteiger charge is -1.96. The summed E-state index contributed by atoms with van der Waals surface area (Å²) in [6, 6.07) is 8.65. The summed E-state index contributed by atoms with van der Waals surface area (Å²) in [7, 11) is 1.93. The fourth-order valence-electron chi connectivity index (χ4n) is 2.16. The van der Waals surface area contributed by atoms with Gasteiger partial charge in [0.05, 0.1) is 10.6 Å². The van der Waals surface area contributed by atoms with E-state index in [1.54, 1.807) is 12.1 Å². The molecule has 1 aliphatic carbocycles. The molecule has 0 amide bonds. The number of nitro benzene ring substituents is 1. The smallest absolute Gasteiger partial charge is 0.270 e. The van der Waals surface area contributed by atoms with Gasteiger partial charge in [0.25, 0.3) is 5.69 Å². The van der Waals surface area contributed by atoms with Crippen molar-refractivity contribution in [2.45, 2.75) is 18.8 Å². The van der Waals surface area contributed by atoms with Crippen LogP contribution in [0.15, 0.2) is 30.3 Å². The van der Waals surface area contributed by atoms with Gasteiger partial charge >= 0.3 is 0 Å². The van der Waals surface area contributed by atoms with Crippen molar-refractivity contribution in [2.24, 2.45) is 7.05 Å². The van der Waals surface area contributed by atoms with Crippen LogP contribution in [0.5, 0.6) is 0 Å². The Hall–Kier alpha value is -2.17. The third kappa shape index (κ3) is 1.88. The standard InChI is InChI=1S/C13H13N3O2/c1-15-13(9-5-6-9)8-12(14-15)10-3-2-4-11(7-10)16(17)18/h2-4,7-9H,5-6H2,1H3. The van der Waals surface area contributed by atoms with E-state index in [4.69, 9.17) is 0 Å². The number of non-ortho nitro benzene ring substituents is 1. The highest BCUT2D eigenvalue weighted by Gasteiger charge is 2.27. The van der Waals surface area contributed by atoms with E-state index in [1.807, 2.05) is 23.9 Å². The lowest BCUT2D eigenvalue weighted by molar-refractivity contribution is -0.384. The van der Waals surface area contributed by atoms with Crippen LogP contribution < -0.4 is 0 Å². The zero-order valence-corrected chi connectivity index (χ0v) is 10.0. The molecule has 0 saturated heterocycles. The molecule has 0 unspecified atom stereocenters. The van der Waals surface area contributed by atoms with E-state index in [-0.39, 0.29) is 10.6 Å². The SMILES string of the molecule is Cn1nc(-c2cccc([N+](=O)[O-])c2)cc1C1CC1. The van der Waals surface area contributed by atoms with Crippen LogP contribution in [-0.2, 0) is 7.05 Å². The Kier molecular flexibility index (Phi) is 2.40. The van der Waals surface area contributed by atoms with E-state index in [0.717, 1.165) is 11.3 Å². The van der Waals surface area contributed by atoms with Crippen molar-refractivity contribution < 1.29 is 4.92 Å². The molecule has 1 aromatic carbocycles. The Balaban J connectivity index is 2.01. The van der Waals surface area contributed by atoms with Gasteiger partial charge in [0, 0.05) is 36.4 Å². The highest BCUT2D eigenvalue weighted by molar-refractivity contribution is 5.63. The quantitative estimate of drug-likeness (QED) is 0.615. The van der Waals surface area contributed by atoms with Gasteiger partial charge in [0.1, 0.15) is 0 Å². The highest BCUT2D eigenvalue weighted by atomic mass is 16.6. The summed E-state index contributed by atoms with van der Waals surface area (Å²) in [4.78, 5) is 10.4. The highest BCUT2D eigenvalue weighted by Crippen LogP contribution is 2.41. The first-order valence-electron chi connectivity index (χ1n) is 5.94. The number of hydrogen-bond donors (Lipinski definition) is 0.